The molecule has 6 heteroatoms. The number of hydrogen-bond donors (Lipinski definition) is 1. The van der Waals surface area contributed by atoms with Crippen LogP contribution in [0.25, 0.3) is 16.7 Å². The van der Waals surface area contributed by atoms with Gasteiger partial charge < -0.3 is 5.32 Å². The first-order valence-electron chi connectivity index (χ1n) is 9.72. The van der Waals surface area contributed by atoms with Crippen LogP contribution in [0.3, 0.4) is 0 Å². The second kappa shape index (κ2) is 7.40. The second-order valence-electron chi connectivity index (χ2n) is 7.22. The molecule has 0 saturated heterocycles. The van der Waals surface area contributed by atoms with Crippen molar-refractivity contribution in [3.05, 3.63) is 101 Å². The SMILES string of the molecule is Cc1ccc(CNc2nc3ccc(C(=O)c4ccccc4)cc3n3cnnc23)cc1. The van der Waals surface area contributed by atoms with Crippen LogP contribution in [0.2, 0.25) is 0 Å². The molecule has 146 valence electrons. The Morgan fingerprint density at radius 2 is 1.77 bits per heavy atom. The van der Waals surface area contributed by atoms with Crippen LogP contribution in [-0.2, 0) is 6.54 Å². The molecule has 5 aromatic rings. The predicted molar refractivity (Wildman–Crippen MR) is 117 cm³/mol. The van der Waals surface area contributed by atoms with E-state index >= 15 is 0 Å². The molecule has 0 unspecified atom stereocenters. The number of aryl methyl sites for hydroxylation is 1. The number of carbonyl (C=O) groups is 1. The van der Waals surface area contributed by atoms with Crippen LogP contribution >= 0.6 is 0 Å². The summed E-state index contributed by atoms with van der Waals surface area (Å²) in [6.45, 7) is 2.70. The monoisotopic (exact) mass is 393 g/mol. The van der Waals surface area contributed by atoms with Gasteiger partial charge in [-0.2, -0.15) is 0 Å². The van der Waals surface area contributed by atoms with Crippen molar-refractivity contribution in [3.63, 3.8) is 0 Å². The molecule has 30 heavy (non-hydrogen) atoms. The zero-order valence-corrected chi connectivity index (χ0v) is 16.4. The average Bonchev–Trinajstić information content (AvgIpc) is 3.29. The van der Waals surface area contributed by atoms with Gasteiger partial charge in [-0.15, -0.1) is 10.2 Å². The van der Waals surface area contributed by atoms with E-state index in [-0.39, 0.29) is 5.78 Å². The maximum absolute atomic E-state index is 12.8. The quantitative estimate of drug-likeness (QED) is 0.447. The topological polar surface area (TPSA) is 72.2 Å². The number of aromatic nitrogens is 4. The summed E-state index contributed by atoms with van der Waals surface area (Å²) in [5.41, 5.74) is 5.81. The predicted octanol–water partition coefficient (Wildman–Crippen LogP) is 4.43. The maximum atomic E-state index is 12.8. The number of carbonyl (C=O) groups excluding carboxylic acids is 1. The molecule has 0 atom stereocenters. The first-order valence-corrected chi connectivity index (χ1v) is 9.72. The molecule has 0 aliphatic heterocycles. The van der Waals surface area contributed by atoms with Crippen LogP contribution in [0.15, 0.2) is 79.1 Å². The highest BCUT2D eigenvalue weighted by molar-refractivity contribution is 6.10. The number of hydrogen-bond acceptors (Lipinski definition) is 5. The molecular formula is C24H19N5O. The first kappa shape index (κ1) is 18.0. The van der Waals surface area contributed by atoms with Crippen molar-refractivity contribution < 1.29 is 4.79 Å². The summed E-state index contributed by atoms with van der Waals surface area (Å²) < 4.78 is 1.86. The second-order valence-corrected chi connectivity index (χ2v) is 7.22. The van der Waals surface area contributed by atoms with E-state index < -0.39 is 0 Å². The average molecular weight is 393 g/mol. The molecule has 0 spiro atoms. The Kier molecular flexibility index (Phi) is 4.44. The molecule has 0 amide bonds. The molecule has 0 fully saturated rings. The molecule has 0 bridgehead atoms. The van der Waals surface area contributed by atoms with E-state index in [0.29, 0.717) is 29.1 Å². The van der Waals surface area contributed by atoms with Gasteiger partial charge in [0.2, 0.25) is 5.65 Å². The van der Waals surface area contributed by atoms with E-state index in [1.165, 1.54) is 5.56 Å². The van der Waals surface area contributed by atoms with Crippen molar-refractivity contribution in [2.45, 2.75) is 13.5 Å². The normalized spacial score (nSPS) is 11.1. The Hall–Kier alpha value is -4.06. The molecule has 6 nitrogen and oxygen atoms in total. The van der Waals surface area contributed by atoms with Gasteiger partial charge >= 0.3 is 0 Å². The minimum atomic E-state index is -0.0275. The van der Waals surface area contributed by atoms with E-state index in [1.807, 2.05) is 52.9 Å². The number of rotatable bonds is 5. The zero-order valence-electron chi connectivity index (χ0n) is 16.4. The molecule has 3 aromatic carbocycles. The Morgan fingerprint density at radius 3 is 2.57 bits per heavy atom. The van der Waals surface area contributed by atoms with Crippen molar-refractivity contribution in [3.8, 4) is 0 Å². The third-order valence-electron chi connectivity index (χ3n) is 5.11. The summed E-state index contributed by atoms with van der Waals surface area (Å²) in [6, 6.07) is 23.1. The molecular weight excluding hydrogens is 374 g/mol. The van der Waals surface area contributed by atoms with Gasteiger partial charge in [0.25, 0.3) is 0 Å². The largest absolute Gasteiger partial charge is 0.363 e. The summed E-state index contributed by atoms with van der Waals surface area (Å²) in [7, 11) is 0. The number of fused-ring (bicyclic) bond motifs is 3. The van der Waals surface area contributed by atoms with E-state index in [2.05, 4.69) is 46.7 Å². The third kappa shape index (κ3) is 3.28. The minimum Gasteiger partial charge on any atom is -0.363 e. The van der Waals surface area contributed by atoms with Crippen molar-refractivity contribution >= 4 is 28.3 Å². The molecule has 0 aliphatic rings. The number of nitrogens with one attached hydrogen (secondary N) is 1. The third-order valence-corrected chi connectivity index (χ3v) is 5.11. The lowest BCUT2D eigenvalue weighted by Gasteiger charge is -2.10. The van der Waals surface area contributed by atoms with Gasteiger partial charge in [0.15, 0.2) is 11.6 Å². The van der Waals surface area contributed by atoms with E-state index in [0.717, 1.165) is 16.6 Å². The van der Waals surface area contributed by atoms with Crippen molar-refractivity contribution in [1.29, 1.82) is 0 Å². The number of ketones is 1. The van der Waals surface area contributed by atoms with Gasteiger partial charge in [0, 0.05) is 17.7 Å². The molecule has 1 N–H and O–H groups in total. The molecule has 0 aliphatic carbocycles. The van der Waals surface area contributed by atoms with Gasteiger partial charge in [-0.25, -0.2) is 4.98 Å². The van der Waals surface area contributed by atoms with Crippen LogP contribution in [-0.4, -0.2) is 25.4 Å². The smallest absolute Gasteiger partial charge is 0.203 e. The molecule has 0 saturated carbocycles. The summed E-state index contributed by atoms with van der Waals surface area (Å²) in [6.07, 6.45) is 1.65. The Bertz CT molecular complexity index is 1360. The van der Waals surface area contributed by atoms with Crippen LogP contribution in [0.4, 0.5) is 5.82 Å². The zero-order chi connectivity index (χ0) is 20.5. The lowest BCUT2D eigenvalue weighted by molar-refractivity contribution is 0.103. The fraction of sp³-hybridized carbons (Fsp3) is 0.0833. The van der Waals surface area contributed by atoms with Crippen molar-refractivity contribution in [2.24, 2.45) is 0 Å². The fourth-order valence-corrected chi connectivity index (χ4v) is 3.46. The number of anilines is 1. The minimum absolute atomic E-state index is 0.0275. The standard InChI is InChI=1S/C24H19N5O/c1-16-7-9-17(10-8-16)14-25-23-24-28-26-15-29(24)21-13-19(11-12-20(21)27-23)22(30)18-5-3-2-4-6-18/h2-13,15H,14H2,1H3,(H,25,27). The lowest BCUT2D eigenvalue weighted by Crippen LogP contribution is -2.06. The summed E-state index contributed by atoms with van der Waals surface area (Å²) in [5.74, 6) is 0.628. The van der Waals surface area contributed by atoms with E-state index in [9.17, 15) is 4.79 Å². The highest BCUT2D eigenvalue weighted by atomic mass is 16.1. The van der Waals surface area contributed by atoms with Gasteiger partial charge in [-0.3, -0.25) is 9.20 Å². The van der Waals surface area contributed by atoms with E-state index in [4.69, 9.17) is 4.98 Å². The summed E-state index contributed by atoms with van der Waals surface area (Å²) >= 11 is 0. The van der Waals surface area contributed by atoms with Crippen molar-refractivity contribution in [1.82, 2.24) is 19.6 Å². The lowest BCUT2D eigenvalue weighted by atomic mass is 10.0. The number of nitrogens with zero attached hydrogens (tertiary/aromatic N) is 4. The fourth-order valence-electron chi connectivity index (χ4n) is 3.46. The Morgan fingerprint density at radius 1 is 0.967 bits per heavy atom. The van der Waals surface area contributed by atoms with Gasteiger partial charge in [-0.1, -0.05) is 60.2 Å². The van der Waals surface area contributed by atoms with Gasteiger partial charge in [0.05, 0.1) is 11.0 Å². The summed E-state index contributed by atoms with van der Waals surface area (Å²) in [5, 5.41) is 11.7. The summed E-state index contributed by atoms with van der Waals surface area (Å²) in [4.78, 5) is 17.6. The van der Waals surface area contributed by atoms with Crippen LogP contribution in [0.5, 0.6) is 0 Å². The Labute approximate surface area is 173 Å². The highest BCUT2D eigenvalue weighted by Crippen LogP contribution is 2.23. The molecule has 5 rings (SSSR count). The van der Waals surface area contributed by atoms with Gasteiger partial charge in [0.1, 0.15) is 6.33 Å². The van der Waals surface area contributed by atoms with Crippen LogP contribution in [0, 0.1) is 6.92 Å². The molecule has 0 radical (unpaired) electrons. The highest BCUT2D eigenvalue weighted by Gasteiger charge is 2.14. The van der Waals surface area contributed by atoms with Crippen LogP contribution < -0.4 is 5.32 Å². The maximum Gasteiger partial charge on any atom is 0.203 e. The molecule has 2 aromatic heterocycles. The van der Waals surface area contributed by atoms with Crippen LogP contribution in [0.1, 0.15) is 27.0 Å². The Balaban J connectivity index is 1.52. The van der Waals surface area contributed by atoms with Crippen molar-refractivity contribution in [2.75, 3.05) is 5.32 Å². The first-order chi connectivity index (χ1) is 14.7. The van der Waals surface area contributed by atoms with E-state index in [1.54, 1.807) is 6.33 Å². The van der Waals surface area contributed by atoms with Gasteiger partial charge in [-0.05, 0) is 30.7 Å². The molecule has 2 heterocycles. The number of benzene rings is 3.